The Morgan fingerprint density at radius 3 is 2.04 bits per heavy atom. The minimum Gasteiger partial charge on any atom is -0.260 e. The van der Waals surface area contributed by atoms with Gasteiger partial charge in [0.1, 0.15) is 0 Å². The van der Waals surface area contributed by atoms with Crippen LogP contribution in [0.15, 0.2) is 97.5 Å². The van der Waals surface area contributed by atoms with Crippen molar-refractivity contribution in [2.75, 3.05) is 0 Å². The Hall–Kier alpha value is -3.33. The van der Waals surface area contributed by atoms with Crippen LogP contribution in [0.25, 0.3) is 0 Å². The van der Waals surface area contributed by atoms with Gasteiger partial charge in [0.05, 0.1) is 22.7 Å². The third-order valence-electron chi connectivity index (χ3n) is 6.47. The number of pyridine rings is 3. The highest BCUT2D eigenvalue weighted by Gasteiger charge is 2.60. The van der Waals surface area contributed by atoms with Crippen molar-refractivity contribution in [1.29, 1.82) is 0 Å². The van der Waals surface area contributed by atoms with Gasteiger partial charge in [0, 0.05) is 36.5 Å². The molecule has 0 saturated carbocycles. The van der Waals surface area contributed by atoms with Crippen LogP contribution in [0.1, 0.15) is 46.6 Å². The van der Waals surface area contributed by atoms with Crippen molar-refractivity contribution in [1.82, 2.24) is 9.97 Å². The van der Waals surface area contributed by atoms with Crippen LogP contribution in [0.4, 0.5) is 0 Å². The third kappa shape index (κ3) is 1.96. The van der Waals surface area contributed by atoms with Gasteiger partial charge in [0.2, 0.25) is 0 Å². The number of aromatic nitrogens is 3. The van der Waals surface area contributed by atoms with Crippen molar-refractivity contribution in [3.8, 4) is 0 Å². The Bertz CT molecular complexity index is 1070. The van der Waals surface area contributed by atoms with E-state index in [1.807, 2.05) is 24.5 Å². The van der Waals surface area contributed by atoms with E-state index in [0.29, 0.717) is 0 Å². The highest BCUT2D eigenvalue weighted by Crippen LogP contribution is 2.58. The van der Waals surface area contributed by atoms with Crippen molar-refractivity contribution >= 4 is 0 Å². The van der Waals surface area contributed by atoms with Gasteiger partial charge in [-0.1, -0.05) is 42.5 Å². The maximum atomic E-state index is 4.87. The van der Waals surface area contributed by atoms with Crippen LogP contribution in [0.5, 0.6) is 0 Å². The normalized spacial score (nSPS) is 21.0. The lowest BCUT2D eigenvalue weighted by Gasteiger charge is -2.48. The summed E-state index contributed by atoms with van der Waals surface area (Å²) < 4.78 is 2.46. The minimum atomic E-state index is -0.275. The second kappa shape index (κ2) is 5.83. The maximum absolute atomic E-state index is 4.87. The average Bonchev–Trinajstić information content (AvgIpc) is 2.80. The first-order valence-corrected chi connectivity index (χ1v) is 9.81. The summed E-state index contributed by atoms with van der Waals surface area (Å²) in [7, 11) is 0. The van der Waals surface area contributed by atoms with Crippen molar-refractivity contribution in [3.05, 3.63) is 126 Å². The lowest BCUT2D eigenvalue weighted by Crippen LogP contribution is -2.60. The topological polar surface area (TPSA) is 29.7 Å². The average molecular weight is 362 g/mol. The van der Waals surface area contributed by atoms with Crippen LogP contribution in [0.3, 0.4) is 0 Å². The first-order chi connectivity index (χ1) is 13.9. The standard InChI is InChI=1S/C25H20N3/c1-2-10-19-18(9-1)21-17-25(22-12-3-6-14-26-22,23-13-4-7-15-27-23)24(19)20-11-5-8-16-28(20)21/h1-16,21,24H,17H2/q+1. The van der Waals surface area contributed by atoms with Crippen LogP contribution in [0.2, 0.25) is 0 Å². The summed E-state index contributed by atoms with van der Waals surface area (Å²) in [6, 6.07) is 28.3. The Morgan fingerprint density at radius 1 is 0.714 bits per heavy atom. The van der Waals surface area contributed by atoms with Gasteiger partial charge in [-0.15, -0.1) is 0 Å². The molecule has 1 aliphatic carbocycles. The van der Waals surface area contributed by atoms with Crippen LogP contribution in [-0.4, -0.2) is 9.97 Å². The molecule has 0 N–H and O–H groups in total. The van der Waals surface area contributed by atoms with Gasteiger partial charge in [0.15, 0.2) is 17.9 Å². The first-order valence-electron chi connectivity index (χ1n) is 9.81. The maximum Gasteiger partial charge on any atom is 0.190 e. The van der Waals surface area contributed by atoms with E-state index < -0.39 is 0 Å². The number of nitrogens with zero attached hydrogens (tertiary/aromatic N) is 3. The Balaban J connectivity index is 1.73. The van der Waals surface area contributed by atoms with E-state index in [2.05, 4.69) is 77.5 Å². The van der Waals surface area contributed by atoms with Gasteiger partial charge in [-0.3, -0.25) is 9.97 Å². The predicted octanol–water partition coefficient (Wildman–Crippen LogP) is 4.19. The summed E-state index contributed by atoms with van der Waals surface area (Å²) in [6.45, 7) is 0. The molecule has 1 aromatic carbocycles. The molecular formula is C25H20N3+. The highest BCUT2D eigenvalue weighted by atomic mass is 15.1. The summed E-state index contributed by atoms with van der Waals surface area (Å²) in [5.74, 6) is 0.180. The zero-order valence-corrected chi connectivity index (χ0v) is 15.4. The Labute approximate surface area is 164 Å². The van der Waals surface area contributed by atoms with E-state index in [1.54, 1.807) is 0 Å². The second-order valence-electron chi connectivity index (χ2n) is 7.72. The molecule has 0 saturated heterocycles. The fourth-order valence-corrected chi connectivity index (χ4v) is 5.42. The first kappa shape index (κ1) is 15.7. The lowest BCUT2D eigenvalue weighted by atomic mass is 9.55. The number of hydrogen-bond donors (Lipinski definition) is 0. The van der Waals surface area contributed by atoms with E-state index in [4.69, 9.17) is 9.97 Å². The number of fused-ring (bicyclic) bond motifs is 1. The molecule has 0 spiro atoms. The van der Waals surface area contributed by atoms with Gasteiger partial charge in [-0.25, -0.2) is 0 Å². The summed E-state index contributed by atoms with van der Waals surface area (Å²) in [4.78, 5) is 9.73. The van der Waals surface area contributed by atoms with Crippen molar-refractivity contribution in [2.45, 2.75) is 23.8 Å². The molecule has 5 heterocycles. The Morgan fingerprint density at radius 2 is 1.36 bits per heavy atom. The van der Waals surface area contributed by atoms with Crippen LogP contribution < -0.4 is 4.57 Å². The SMILES string of the molecule is c1ccc(C2(c3ccccn3)CC3c4ccccc4C2c2cccc[n+]23)nc1. The molecule has 4 aromatic rings. The molecule has 7 rings (SSSR count). The lowest BCUT2D eigenvalue weighted by molar-refractivity contribution is -0.732. The number of benzene rings is 1. The van der Waals surface area contributed by atoms with Gasteiger partial charge in [-0.05, 0) is 29.8 Å². The van der Waals surface area contributed by atoms with Crippen molar-refractivity contribution in [2.24, 2.45) is 0 Å². The number of rotatable bonds is 2. The van der Waals surface area contributed by atoms with Gasteiger partial charge >= 0.3 is 0 Å². The fourth-order valence-electron chi connectivity index (χ4n) is 5.42. The highest BCUT2D eigenvalue weighted by molar-refractivity contribution is 5.52. The monoisotopic (exact) mass is 362 g/mol. The smallest absolute Gasteiger partial charge is 0.190 e. The molecule has 3 nitrogen and oxygen atoms in total. The van der Waals surface area contributed by atoms with Gasteiger partial charge in [-0.2, -0.15) is 4.57 Å². The van der Waals surface area contributed by atoms with Gasteiger partial charge in [0.25, 0.3) is 0 Å². The van der Waals surface area contributed by atoms with E-state index in [9.17, 15) is 0 Å². The quantitative estimate of drug-likeness (QED) is 0.501. The molecule has 0 fully saturated rings. The molecule has 134 valence electrons. The predicted molar refractivity (Wildman–Crippen MR) is 107 cm³/mol. The summed E-state index contributed by atoms with van der Waals surface area (Å²) in [5.41, 5.74) is 6.11. The van der Waals surface area contributed by atoms with E-state index >= 15 is 0 Å². The third-order valence-corrected chi connectivity index (χ3v) is 6.47. The summed E-state index contributed by atoms with van der Waals surface area (Å²) in [5, 5.41) is 0. The molecule has 0 amide bonds. The molecule has 3 aliphatic rings. The molecule has 3 aromatic heterocycles. The fraction of sp³-hybridized carbons (Fsp3) is 0.160. The van der Waals surface area contributed by atoms with Crippen LogP contribution in [0, 0.1) is 0 Å². The van der Waals surface area contributed by atoms with E-state index in [1.165, 1.54) is 16.8 Å². The van der Waals surface area contributed by atoms with Crippen molar-refractivity contribution in [3.63, 3.8) is 0 Å². The summed E-state index contributed by atoms with van der Waals surface area (Å²) in [6.07, 6.45) is 7.01. The second-order valence-corrected chi connectivity index (χ2v) is 7.72. The molecule has 2 aliphatic heterocycles. The number of hydrogen-bond acceptors (Lipinski definition) is 2. The molecule has 2 atom stereocenters. The molecule has 2 unspecified atom stereocenters. The molecule has 0 radical (unpaired) electrons. The molecule has 28 heavy (non-hydrogen) atoms. The summed E-state index contributed by atoms with van der Waals surface area (Å²) >= 11 is 0. The van der Waals surface area contributed by atoms with Gasteiger partial charge < -0.3 is 0 Å². The zero-order valence-electron chi connectivity index (χ0n) is 15.4. The molecular weight excluding hydrogens is 342 g/mol. The van der Waals surface area contributed by atoms with E-state index in [0.717, 1.165) is 17.8 Å². The van der Waals surface area contributed by atoms with Crippen LogP contribution >= 0.6 is 0 Å². The van der Waals surface area contributed by atoms with E-state index in [-0.39, 0.29) is 17.4 Å². The van der Waals surface area contributed by atoms with Crippen molar-refractivity contribution < 1.29 is 4.57 Å². The minimum absolute atomic E-state index is 0.180. The van der Waals surface area contributed by atoms with Crippen LogP contribution in [-0.2, 0) is 5.41 Å². The molecule has 2 bridgehead atoms. The molecule has 3 heteroatoms. The zero-order chi connectivity index (χ0) is 18.6. The largest absolute Gasteiger partial charge is 0.260 e. The Kier molecular flexibility index (Phi) is 3.27.